The predicted molar refractivity (Wildman–Crippen MR) is 102 cm³/mol. The van der Waals surface area contributed by atoms with Gasteiger partial charge < -0.3 is 14.2 Å². The van der Waals surface area contributed by atoms with Gasteiger partial charge in [-0.15, -0.1) is 0 Å². The van der Waals surface area contributed by atoms with Gasteiger partial charge in [0, 0.05) is 5.56 Å². The van der Waals surface area contributed by atoms with Crippen molar-refractivity contribution >= 4 is 0 Å². The lowest BCUT2D eigenvalue weighted by molar-refractivity contribution is -0.279. The smallest absolute Gasteiger partial charge is 0.184 e. The van der Waals surface area contributed by atoms with Gasteiger partial charge >= 0.3 is 0 Å². The molecule has 2 aromatic carbocycles. The van der Waals surface area contributed by atoms with Crippen LogP contribution in [0, 0.1) is 11.8 Å². The highest BCUT2D eigenvalue weighted by Gasteiger charge is 2.43. The lowest BCUT2D eigenvalue weighted by Crippen LogP contribution is -2.45. The Labute approximate surface area is 156 Å². The summed E-state index contributed by atoms with van der Waals surface area (Å²) in [6.07, 6.45) is 2.07. The summed E-state index contributed by atoms with van der Waals surface area (Å²) in [6, 6.07) is 20.8. The molecule has 6 atom stereocenters. The van der Waals surface area contributed by atoms with Crippen LogP contribution in [0.15, 0.2) is 60.7 Å². The first kappa shape index (κ1) is 17.7. The van der Waals surface area contributed by atoms with Gasteiger partial charge in [0.05, 0.1) is 18.8 Å². The molecular formula is C23H28O3. The number of ether oxygens (including phenoxy) is 3. The van der Waals surface area contributed by atoms with Gasteiger partial charge in [-0.25, -0.2) is 0 Å². The summed E-state index contributed by atoms with van der Waals surface area (Å²) in [5.41, 5.74) is 2.33. The molecule has 0 saturated carbocycles. The lowest BCUT2D eigenvalue weighted by atomic mass is 9.85. The van der Waals surface area contributed by atoms with Gasteiger partial charge in [0.2, 0.25) is 0 Å². The molecule has 3 heteroatoms. The zero-order valence-electron chi connectivity index (χ0n) is 15.6. The zero-order chi connectivity index (χ0) is 17.9. The molecule has 2 aliphatic heterocycles. The second kappa shape index (κ2) is 7.91. The number of hydrogen-bond acceptors (Lipinski definition) is 3. The minimum Gasteiger partial charge on any atom is -0.365 e. The van der Waals surface area contributed by atoms with Crippen molar-refractivity contribution in [2.45, 2.75) is 51.3 Å². The molecule has 4 rings (SSSR count). The highest BCUT2D eigenvalue weighted by atomic mass is 16.7. The first-order chi connectivity index (χ1) is 12.8. The van der Waals surface area contributed by atoms with Crippen molar-refractivity contribution in [3.05, 3.63) is 71.8 Å². The Hall–Kier alpha value is -1.68. The van der Waals surface area contributed by atoms with Gasteiger partial charge in [-0.05, 0) is 23.8 Å². The van der Waals surface area contributed by atoms with Gasteiger partial charge in [-0.1, -0.05) is 80.9 Å². The van der Waals surface area contributed by atoms with Gasteiger partial charge in [-0.2, -0.15) is 0 Å². The largest absolute Gasteiger partial charge is 0.365 e. The fourth-order valence-electron chi connectivity index (χ4n) is 4.37. The second-order valence-electron chi connectivity index (χ2n) is 7.56. The van der Waals surface area contributed by atoms with Crippen LogP contribution in [-0.4, -0.2) is 18.8 Å². The molecule has 3 nitrogen and oxygen atoms in total. The van der Waals surface area contributed by atoms with E-state index in [2.05, 4.69) is 56.3 Å². The van der Waals surface area contributed by atoms with Crippen LogP contribution >= 0.6 is 0 Å². The fraction of sp³-hybridized carbons (Fsp3) is 0.478. The maximum Gasteiger partial charge on any atom is 0.184 e. The summed E-state index contributed by atoms with van der Waals surface area (Å²) in [4.78, 5) is 0. The van der Waals surface area contributed by atoms with E-state index in [0.29, 0.717) is 18.4 Å². The molecule has 26 heavy (non-hydrogen) atoms. The highest BCUT2D eigenvalue weighted by molar-refractivity contribution is 5.19. The minimum absolute atomic E-state index is 0.0185. The molecule has 2 saturated heterocycles. The normalized spacial score (nSPS) is 34.7. The predicted octanol–water partition coefficient (Wildman–Crippen LogP) is 5.29. The monoisotopic (exact) mass is 352 g/mol. The van der Waals surface area contributed by atoms with E-state index < -0.39 is 0 Å². The van der Waals surface area contributed by atoms with Crippen molar-refractivity contribution in [1.82, 2.24) is 0 Å². The van der Waals surface area contributed by atoms with Crippen LogP contribution in [-0.2, 0) is 14.2 Å². The summed E-state index contributed by atoms with van der Waals surface area (Å²) < 4.78 is 19.1. The number of rotatable bonds is 3. The second-order valence-corrected chi connectivity index (χ2v) is 7.56. The first-order valence-corrected chi connectivity index (χ1v) is 9.78. The van der Waals surface area contributed by atoms with Crippen molar-refractivity contribution < 1.29 is 14.2 Å². The average molecular weight is 352 g/mol. The van der Waals surface area contributed by atoms with Crippen LogP contribution < -0.4 is 0 Å². The van der Waals surface area contributed by atoms with E-state index in [1.54, 1.807) is 0 Å². The van der Waals surface area contributed by atoms with Gasteiger partial charge in [0.25, 0.3) is 0 Å². The molecule has 0 radical (unpaired) electrons. The molecule has 0 aromatic heterocycles. The maximum atomic E-state index is 6.58. The Bertz CT molecular complexity index is 687. The van der Waals surface area contributed by atoms with Gasteiger partial charge in [0.15, 0.2) is 6.29 Å². The van der Waals surface area contributed by atoms with Crippen molar-refractivity contribution in [3.8, 4) is 0 Å². The molecule has 138 valence electrons. The molecule has 2 fully saturated rings. The SMILES string of the molecule is CC[C@H]1CC(C)C(c2ccccc2)OC2COC(c3ccccc3)OC21. The third-order valence-corrected chi connectivity index (χ3v) is 5.76. The Morgan fingerprint density at radius 3 is 2.19 bits per heavy atom. The third-order valence-electron chi connectivity index (χ3n) is 5.76. The highest BCUT2D eigenvalue weighted by Crippen LogP contribution is 2.43. The molecule has 0 aliphatic carbocycles. The molecule has 0 bridgehead atoms. The molecule has 0 spiro atoms. The van der Waals surface area contributed by atoms with Crippen molar-refractivity contribution in [1.29, 1.82) is 0 Å². The van der Waals surface area contributed by atoms with Crippen molar-refractivity contribution in [3.63, 3.8) is 0 Å². The first-order valence-electron chi connectivity index (χ1n) is 9.78. The van der Waals surface area contributed by atoms with Crippen LogP contribution in [0.1, 0.15) is 50.2 Å². The summed E-state index contributed by atoms with van der Waals surface area (Å²) >= 11 is 0. The molecule has 2 aliphatic rings. The van der Waals surface area contributed by atoms with Crippen LogP contribution in [0.5, 0.6) is 0 Å². The summed E-state index contributed by atoms with van der Waals surface area (Å²) in [5, 5.41) is 0. The lowest BCUT2D eigenvalue weighted by Gasteiger charge is -2.39. The van der Waals surface area contributed by atoms with E-state index in [9.17, 15) is 0 Å². The number of hydrogen-bond donors (Lipinski definition) is 0. The Morgan fingerprint density at radius 1 is 0.885 bits per heavy atom. The topological polar surface area (TPSA) is 27.7 Å². The molecular weight excluding hydrogens is 324 g/mol. The third kappa shape index (κ3) is 3.57. The van der Waals surface area contributed by atoms with E-state index in [0.717, 1.165) is 18.4 Å². The van der Waals surface area contributed by atoms with E-state index in [1.165, 1.54) is 5.56 Å². The standard InChI is InChI=1S/C23H28O3/c1-3-17-14-16(2)21(18-10-6-4-7-11-18)25-20-15-24-23(26-22(17)20)19-12-8-5-9-13-19/h4-13,16-17,20-23H,3,14-15H2,1-2H3/t16?,17-,20?,21?,22?,23?/m0/s1. The Balaban J connectivity index is 1.57. The van der Waals surface area contributed by atoms with E-state index in [4.69, 9.17) is 14.2 Å². The Morgan fingerprint density at radius 2 is 1.54 bits per heavy atom. The summed E-state index contributed by atoms with van der Waals surface area (Å²) in [5.74, 6) is 0.936. The van der Waals surface area contributed by atoms with Crippen LogP contribution in [0.4, 0.5) is 0 Å². The summed E-state index contributed by atoms with van der Waals surface area (Å²) in [7, 11) is 0. The van der Waals surface area contributed by atoms with Crippen LogP contribution in [0.2, 0.25) is 0 Å². The number of benzene rings is 2. The van der Waals surface area contributed by atoms with Crippen molar-refractivity contribution in [2.75, 3.05) is 6.61 Å². The Kier molecular flexibility index (Phi) is 5.39. The molecule has 0 N–H and O–H groups in total. The van der Waals surface area contributed by atoms with E-state index >= 15 is 0 Å². The molecule has 5 unspecified atom stereocenters. The molecule has 2 aromatic rings. The quantitative estimate of drug-likeness (QED) is 0.751. The zero-order valence-corrected chi connectivity index (χ0v) is 15.6. The number of fused-ring (bicyclic) bond motifs is 1. The van der Waals surface area contributed by atoms with Crippen LogP contribution in [0.25, 0.3) is 0 Å². The van der Waals surface area contributed by atoms with Crippen LogP contribution in [0.3, 0.4) is 0 Å². The van der Waals surface area contributed by atoms with E-state index in [1.807, 2.05) is 18.2 Å². The molecule has 0 amide bonds. The summed E-state index contributed by atoms with van der Waals surface area (Å²) in [6.45, 7) is 5.14. The average Bonchev–Trinajstić information content (AvgIpc) is 2.85. The molecule has 2 heterocycles. The van der Waals surface area contributed by atoms with Gasteiger partial charge in [-0.3, -0.25) is 0 Å². The van der Waals surface area contributed by atoms with Gasteiger partial charge in [0.1, 0.15) is 6.10 Å². The van der Waals surface area contributed by atoms with Crippen molar-refractivity contribution in [2.24, 2.45) is 11.8 Å². The maximum absolute atomic E-state index is 6.58. The fourth-order valence-corrected chi connectivity index (χ4v) is 4.37. The minimum atomic E-state index is -0.293. The van der Waals surface area contributed by atoms with E-state index in [-0.39, 0.29) is 24.6 Å².